The van der Waals surface area contributed by atoms with E-state index in [0.717, 1.165) is 22.7 Å². The highest BCUT2D eigenvalue weighted by molar-refractivity contribution is 5.55. The predicted molar refractivity (Wildman–Crippen MR) is 68.8 cm³/mol. The molecule has 3 heterocycles. The van der Waals surface area contributed by atoms with Crippen LogP contribution in [0.15, 0.2) is 42.7 Å². The predicted octanol–water partition coefficient (Wildman–Crippen LogP) is 2.16. The Morgan fingerprint density at radius 1 is 1.11 bits per heavy atom. The maximum absolute atomic E-state index is 4.36. The van der Waals surface area contributed by atoms with E-state index in [1.165, 1.54) is 0 Å². The summed E-state index contributed by atoms with van der Waals surface area (Å²) in [5.41, 5.74) is 2.50. The minimum absolute atomic E-state index is 0.738. The Kier molecular flexibility index (Phi) is 2.50. The van der Waals surface area contributed by atoms with E-state index in [1.807, 2.05) is 40.9 Å². The third-order valence-corrected chi connectivity index (χ3v) is 2.58. The Labute approximate surface area is 104 Å². The first-order valence-corrected chi connectivity index (χ1v) is 5.57. The lowest BCUT2D eigenvalue weighted by molar-refractivity contribution is 1.09. The summed E-state index contributed by atoms with van der Waals surface area (Å²) in [7, 11) is 0. The van der Waals surface area contributed by atoms with Crippen molar-refractivity contribution in [2.24, 2.45) is 0 Å². The maximum atomic E-state index is 4.36. The molecule has 0 spiro atoms. The minimum Gasteiger partial charge on any atom is -0.281 e. The van der Waals surface area contributed by atoms with Crippen LogP contribution in [0.3, 0.4) is 0 Å². The van der Waals surface area contributed by atoms with Crippen LogP contribution in [0.4, 0.5) is 0 Å². The smallest absolute Gasteiger partial charge is 0.186 e. The van der Waals surface area contributed by atoms with E-state index >= 15 is 0 Å². The quantitative estimate of drug-likeness (QED) is 0.606. The van der Waals surface area contributed by atoms with Crippen molar-refractivity contribution in [3.8, 4) is 23.4 Å². The van der Waals surface area contributed by atoms with E-state index in [1.54, 1.807) is 13.1 Å². The van der Waals surface area contributed by atoms with Gasteiger partial charge in [-0.15, -0.1) is 16.1 Å². The molecular formula is C14H10N4. The van der Waals surface area contributed by atoms with E-state index in [0.29, 0.717) is 0 Å². The lowest BCUT2D eigenvalue weighted by Crippen LogP contribution is -1.91. The first kappa shape index (κ1) is 10.5. The minimum atomic E-state index is 0.738. The molecule has 86 valence electrons. The third kappa shape index (κ3) is 1.72. The third-order valence-electron chi connectivity index (χ3n) is 2.58. The lowest BCUT2D eigenvalue weighted by atomic mass is 10.2. The first-order chi connectivity index (χ1) is 8.88. The molecule has 0 radical (unpaired) electrons. The van der Waals surface area contributed by atoms with Crippen molar-refractivity contribution in [2.45, 2.75) is 6.92 Å². The van der Waals surface area contributed by atoms with E-state index in [4.69, 9.17) is 0 Å². The zero-order valence-electron chi connectivity index (χ0n) is 9.83. The molecular weight excluding hydrogens is 224 g/mol. The van der Waals surface area contributed by atoms with Crippen LogP contribution in [0.1, 0.15) is 12.5 Å². The molecule has 0 atom stereocenters. The standard InChI is InChI=1S/C14H10N4/c1-2-5-11-7-8-12(15-10-11)14-17-16-13-6-3-4-9-18(13)14/h3-4,6-10H,1H3. The first-order valence-electron chi connectivity index (χ1n) is 5.57. The highest BCUT2D eigenvalue weighted by Crippen LogP contribution is 2.15. The zero-order chi connectivity index (χ0) is 12.4. The van der Waals surface area contributed by atoms with Gasteiger partial charge in [-0.05, 0) is 31.2 Å². The SMILES string of the molecule is CC#Cc1ccc(-c2nnc3ccccn23)nc1. The van der Waals surface area contributed by atoms with E-state index < -0.39 is 0 Å². The van der Waals surface area contributed by atoms with Crippen LogP contribution in [0, 0.1) is 11.8 Å². The molecule has 3 aromatic heterocycles. The second-order valence-corrected chi connectivity index (χ2v) is 3.76. The van der Waals surface area contributed by atoms with Crippen molar-refractivity contribution >= 4 is 5.65 Å². The number of hydrogen-bond acceptors (Lipinski definition) is 3. The highest BCUT2D eigenvalue weighted by Gasteiger charge is 2.07. The van der Waals surface area contributed by atoms with E-state index in [-0.39, 0.29) is 0 Å². The van der Waals surface area contributed by atoms with Crippen LogP contribution < -0.4 is 0 Å². The lowest BCUT2D eigenvalue weighted by Gasteiger charge is -1.98. The van der Waals surface area contributed by atoms with Gasteiger partial charge in [0.2, 0.25) is 0 Å². The molecule has 0 aliphatic carbocycles. The maximum Gasteiger partial charge on any atom is 0.186 e. The van der Waals surface area contributed by atoms with Crippen molar-refractivity contribution in [2.75, 3.05) is 0 Å². The van der Waals surface area contributed by atoms with E-state index in [9.17, 15) is 0 Å². The number of nitrogens with zero attached hydrogens (tertiary/aromatic N) is 4. The van der Waals surface area contributed by atoms with Crippen molar-refractivity contribution in [3.63, 3.8) is 0 Å². The topological polar surface area (TPSA) is 43.1 Å². The molecule has 0 aliphatic heterocycles. The molecule has 0 aromatic carbocycles. The molecule has 0 fully saturated rings. The summed E-state index contributed by atoms with van der Waals surface area (Å²) in [6.07, 6.45) is 3.67. The van der Waals surface area contributed by atoms with Crippen molar-refractivity contribution in [1.29, 1.82) is 0 Å². The van der Waals surface area contributed by atoms with Crippen molar-refractivity contribution < 1.29 is 0 Å². The van der Waals surface area contributed by atoms with Crippen LogP contribution in [0.2, 0.25) is 0 Å². The summed E-state index contributed by atoms with van der Waals surface area (Å²) in [6.45, 7) is 1.81. The largest absolute Gasteiger partial charge is 0.281 e. The van der Waals surface area contributed by atoms with Gasteiger partial charge in [-0.25, -0.2) is 0 Å². The average molecular weight is 234 g/mol. The summed E-state index contributed by atoms with van der Waals surface area (Å²) < 4.78 is 1.91. The fourth-order valence-electron chi connectivity index (χ4n) is 1.76. The monoisotopic (exact) mass is 234 g/mol. The van der Waals surface area contributed by atoms with Crippen LogP contribution >= 0.6 is 0 Å². The number of fused-ring (bicyclic) bond motifs is 1. The summed E-state index contributed by atoms with van der Waals surface area (Å²) in [5.74, 6) is 6.54. The van der Waals surface area contributed by atoms with Gasteiger partial charge in [-0.2, -0.15) is 0 Å². The Balaban J connectivity index is 2.11. The molecule has 0 saturated heterocycles. The van der Waals surface area contributed by atoms with Gasteiger partial charge in [0.15, 0.2) is 11.5 Å². The van der Waals surface area contributed by atoms with Gasteiger partial charge in [0, 0.05) is 18.0 Å². The molecule has 4 heteroatoms. The van der Waals surface area contributed by atoms with Gasteiger partial charge < -0.3 is 0 Å². The van der Waals surface area contributed by atoms with Gasteiger partial charge >= 0.3 is 0 Å². The van der Waals surface area contributed by atoms with E-state index in [2.05, 4.69) is 27.0 Å². The highest BCUT2D eigenvalue weighted by atomic mass is 15.2. The average Bonchev–Trinajstić information content (AvgIpc) is 2.84. The van der Waals surface area contributed by atoms with Crippen LogP contribution in [0.25, 0.3) is 17.2 Å². The zero-order valence-corrected chi connectivity index (χ0v) is 9.83. The number of rotatable bonds is 1. The van der Waals surface area contributed by atoms with Crippen LogP contribution in [-0.2, 0) is 0 Å². The summed E-state index contributed by atoms with van der Waals surface area (Å²) in [5, 5.41) is 8.25. The number of pyridine rings is 2. The van der Waals surface area contributed by atoms with Crippen LogP contribution in [0.5, 0.6) is 0 Å². The summed E-state index contributed by atoms with van der Waals surface area (Å²) >= 11 is 0. The second-order valence-electron chi connectivity index (χ2n) is 3.76. The summed E-state index contributed by atoms with van der Waals surface area (Å²) in [4.78, 5) is 4.36. The van der Waals surface area contributed by atoms with Crippen LogP contribution in [-0.4, -0.2) is 19.6 Å². The summed E-state index contributed by atoms with van der Waals surface area (Å²) in [6, 6.07) is 9.62. The number of aromatic nitrogens is 4. The molecule has 0 saturated carbocycles. The molecule has 0 N–H and O–H groups in total. The van der Waals surface area contributed by atoms with Gasteiger partial charge in [-0.3, -0.25) is 9.38 Å². The molecule has 3 rings (SSSR count). The second kappa shape index (κ2) is 4.30. The Bertz CT molecular complexity index is 745. The molecule has 0 unspecified atom stereocenters. The van der Waals surface area contributed by atoms with Crippen molar-refractivity contribution in [3.05, 3.63) is 48.3 Å². The number of hydrogen-bond donors (Lipinski definition) is 0. The normalized spacial score (nSPS) is 10.1. The van der Waals surface area contributed by atoms with Gasteiger partial charge in [0.05, 0.1) is 0 Å². The Morgan fingerprint density at radius 2 is 2.06 bits per heavy atom. The molecule has 0 amide bonds. The molecule has 3 aromatic rings. The molecule has 18 heavy (non-hydrogen) atoms. The van der Waals surface area contributed by atoms with Crippen molar-refractivity contribution in [1.82, 2.24) is 19.6 Å². The fraction of sp³-hybridized carbons (Fsp3) is 0.0714. The van der Waals surface area contributed by atoms with Gasteiger partial charge in [0.1, 0.15) is 5.69 Å². The Morgan fingerprint density at radius 3 is 2.83 bits per heavy atom. The molecule has 0 bridgehead atoms. The molecule has 0 aliphatic rings. The van der Waals surface area contributed by atoms with Gasteiger partial charge in [-0.1, -0.05) is 12.0 Å². The molecule has 4 nitrogen and oxygen atoms in total. The fourth-order valence-corrected chi connectivity index (χ4v) is 1.76. The van der Waals surface area contributed by atoms with Gasteiger partial charge in [0.25, 0.3) is 0 Å². The Hall–Kier alpha value is -2.67.